The standard InChI is InChI=1S/C16H9F2I2NO9S/c17-16(18,31(26,27)28)7-29-14(22)11-6-9(2-4-13(11)21(24)25)30-15(23)10-3-1-8(19)5-12(10)20/h1-6H,7H2,(H,26,27,28)/p-1. The fourth-order valence-corrected chi connectivity index (χ4v) is 4.04. The summed E-state index contributed by atoms with van der Waals surface area (Å²) in [6.07, 6.45) is 0. The van der Waals surface area contributed by atoms with Gasteiger partial charge in [0.1, 0.15) is 11.3 Å². The van der Waals surface area contributed by atoms with Crippen molar-refractivity contribution in [3.63, 3.8) is 0 Å². The maximum Gasteiger partial charge on any atom is 0.367 e. The van der Waals surface area contributed by atoms with Gasteiger partial charge in [-0.3, -0.25) is 10.1 Å². The van der Waals surface area contributed by atoms with Crippen LogP contribution in [-0.4, -0.2) is 41.7 Å². The number of benzene rings is 2. The molecule has 2 rings (SSSR count). The van der Waals surface area contributed by atoms with Crippen molar-refractivity contribution in [2.45, 2.75) is 5.25 Å². The van der Waals surface area contributed by atoms with Gasteiger partial charge in [0.15, 0.2) is 16.7 Å². The SMILES string of the molecule is O=C(Oc1ccc([N+](=O)[O-])c(C(=O)OCC(F)(F)S(=O)(=O)[O-])c1)c1ccc(I)cc1I. The van der Waals surface area contributed by atoms with E-state index in [1.165, 1.54) is 6.07 Å². The van der Waals surface area contributed by atoms with Crippen LogP contribution in [0, 0.1) is 17.3 Å². The van der Waals surface area contributed by atoms with E-state index in [1.54, 1.807) is 12.1 Å². The average molecular weight is 682 g/mol. The van der Waals surface area contributed by atoms with Crippen molar-refractivity contribution >= 4 is 72.9 Å². The zero-order valence-electron chi connectivity index (χ0n) is 14.7. The Balaban J connectivity index is 2.31. The Morgan fingerprint density at radius 1 is 1.06 bits per heavy atom. The van der Waals surface area contributed by atoms with Crippen LogP contribution < -0.4 is 4.74 Å². The highest BCUT2D eigenvalue weighted by Gasteiger charge is 2.40. The van der Waals surface area contributed by atoms with E-state index in [4.69, 9.17) is 4.74 Å². The average Bonchev–Trinajstić information content (AvgIpc) is 2.64. The van der Waals surface area contributed by atoms with E-state index < -0.39 is 50.1 Å². The minimum Gasteiger partial charge on any atom is -0.743 e. The monoisotopic (exact) mass is 682 g/mol. The van der Waals surface area contributed by atoms with Crippen LogP contribution in [0.3, 0.4) is 0 Å². The van der Waals surface area contributed by atoms with E-state index >= 15 is 0 Å². The Hall–Kier alpha value is -1.99. The van der Waals surface area contributed by atoms with Gasteiger partial charge in [-0.25, -0.2) is 18.0 Å². The largest absolute Gasteiger partial charge is 0.743 e. The zero-order chi connectivity index (χ0) is 23.6. The van der Waals surface area contributed by atoms with E-state index in [9.17, 15) is 41.5 Å². The molecule has 0 fully saturated rings. The van der Waals surface area contributed by atoms with Gasteiger partial charge in [-0.15, -0.1) is 0 Å². The van der Waals surface area contributed by atoms with E-state index in [2.05, 4.69) is 4.74 Å². The van der Waals surface area contributed by atoms with Gasteiger partial charge < -0.3 is 14.0 Å². The molecule has 0 aliphatic heterocycles. The number of carbonyl (C=O) groups is 2. The molecule has 2 aromatic carbocycles. The summed E-state index contributed by atoms with van der Waals surface area (Å²) in [5.41, 5.74) is -1.63. The number of rotatable bonds is 7. The van der Waals surface area contributed by atoms with Crippen molar-refractivity contribution in [2.24, 2.45) is 0 Å². The van der Waals surface area contributed by atoms with Gasteiger partial charge in [0.05, 0.1) is 10.5 Å². The number of hydrogen-bond acceptors (Lipinski definition) is 9. The Kier molecular flexibility index (Phi) is 7.87. The molecule has 10 nitrogen and oxygen atoms in total. The number of esters is 2. The van der Waals surface area contributed by atoms with Gasteiger partial charge in [-0.1, -0.05) is 0 Å². The molecule has 0 spiro atoms. The van der Waals surface area contributed by atoms with Crippen molar-refractivity contribution in [3.8, 4) is 5.75 Å². The molecule has 0 radical (unpaired) electrons. The van der Waals surface area contributed by atoms with Crippen LogP contribution in [0.15, 0.2) is 36.4 Å². The third-order valence-corrected chi connectivity index (χ3v) is 5.90. The van der Waals surface area contributed by atoms with Gasteiger partial charge in [0.25, 0.3) is 5.69 Å². The molecule has 0 amide bonds. The summed E-state index contributed by atoms with van der Waals surface area (Å²) >= 11 is 3.91. The van der Waals surface area contributed by atoms with Crippen molar-refractivity contribution in [3.05, 3.63) is 64.8 Å². The summed E-state index contributed by atoms with van der Waals surface area (Å²) in [6, 6.07) is 7.23. The molecule has 0 aliphatic carbocycles. The molecule has 0 N–H and O–H groups in total. The predicted octanol–water partition coefficient (Wildman–Crippen LogP) is 3.32. The van der Waals surface area contributed by atoms with E-state index in [0.29, 0.717) is 9.64 Å². The topological polar surface area (TPSA) is 153 Å². The predicted molar refractivity (Wildman–Crippen MR) is 115 cm³/mol. The second kappa shape index (κ2) is 9.65. The molecule has 0 heterocycles. The number of alkyl halides is 2. The smallest absolute Gasteiger partial charge is 0.367 e. The Morgan fingerprint density at radius 3 is 2.26 bits per heavy atom. The van der Waals surface area contributed by atoms with Crippen LogP contribution in [0.5, 0.6) is 5.75 Å². The lowest BCUT2D eigenvalue weighted by atomic mass is 10.1. The van der Waals surface area contributed by atoms with Crippen molar-refractivity contribution in [1.82, 2.24) is 0 Å². The fraction of sp³-hybridized carbons (Fsp3) is 0.125. The molecule has 0 aliphatic rings. The van der Waals surface area contributed by atoms with E-state index in [-0.39, 0.29) is 11.3 Å². The summed E-state index contributed by atoms with van der Waals surface area (Å²) in [4.78, 5) is 34.5. The lowest BCUT2D eigenvalue weighted by molar-refractivity contribution is -0.385. The summed E-state index contributed by atoms with van der Waals surface area (Å²) in [6.45, 7) is -2.15. The number of nitrogens with zero attached hydrogens (tertiary/aromatic N) is 1. The number of nitro groups is 1. The molecular formula is C16H8F2I2NO9S-. The van der Waals surface area contributed by atoms with Gasteiger partial charge in [-0.2, -0.15) is 8.78 Å². The number of ether oxygens (including phenoxy) is 2. The minimum atomic E-state index is -6.13. The quantitative estimate of drug-likeness (QED) is 0.107. The third kappa shape index (κ3) is 6.26. The first-order valence-corrected chi connectivity index (χ1v) is 11.3. The highest BCUT2D eigenvalue weighted by Crippen LogP contribution is 2.28. The maximum atomic E-state index is 13.2. The molecule has 0 aromatic heterocycles. The van der Waals surface area contributed by atoms with E-state index in [0.717, 1.165) is 15.7 Å². The normalized spacial score (nSPS) is 11.6. The minimum absolute atomic E-state index is 0.156. The number of hydrogen-bond donors (Lipinski definition) is 0. The molecule has 0 saturated heterocycles. The number of carbonyl (C=O) groups excluding carboxylic acids is 2. The summed E-state index contributed by atoms with van der Waals surface area (Å²) in [5.74, 6) is -2.94. The van der Waals surface area contributed by atoms with Crippen LogP contribution in [0.25, 0.3) is 0 Å². The van der Waals surface area contributed by atoms with Crippen LogP contribution in [0.2, 0.25) is 0 Å². The van der Waals surface area contributed by atoms with E-state index in [1.807, 2.05) is 45.2 Å². The first-order chi connectivity index (χ1) is 14.2. The molecule has 2 aromatic rings. The Morgan fingerprint density at radius 2 is 1.71 bits per heavy atom. The Bertz CT molecular complexity index is 1170. The van der Waals surface area contributed by atoms with Crippen LogP contribution >= 0.6 is 45.2 Å². The first kappa shape index (κ1) is 25.3. The fourth-order valence-electron chi connectivity index (χ4n) is 2.02. The Labute approximate surface area is 200 Å². The van der Waals surface area contributed by atoms with Crippen molar-refractivity contribution in [2.75, 3.05) is 6.61 Å². The van der Waals surface area contributed by atoms with Gasteiger partial charge in [0.2, 0.25) is 0 Å². The van der Waals surface area contributed by atoms with Crippen molar-refractivity contribution in [1.29, 1.82) is 0 Å². The second-order valence-electron chi connectivity index (χ2n) is 5.62. The molecule has 31 heavy (non-hydrogen) atoms. The summed E-state index contributed by atoms with van der Waals surface area (Å²) in [7, 11) is -6.13. The van der Waals surface area contributed by atoms with Crippen LogP contribution in [-0.2, 0) is 14.9 Å². The molecule has 166 valence electrons. The molecule has 0 unspecified atom stereocenters. The molecule has 0 saturated carbocycles. The highest BCUT2D eigenvalue weighted by molar-refractivity contribution is 14.1. The second-order valence-corrected chi connectivity index (χ2v) is 9.53. The third-order valence-electron chi connectivity index (χ3n) is 3.48. The maximum absolute atomic E-state index is 13.2. The summed E-state index contributed by atoms with van der Waals surface area (Å²) < 4.78 is 68.3. The lowest BCUT2D eigenvalue weighted by Gasteiger charge is -2.19. The van der Waals surface area contributed by atoms with Crippen LogP contribution in [0.4, 0.5) is 14.5 Å². The first-order valence-electron chi connectivity index (χ1n) is 7.69. The number of halogens is 4. The molecule has 0 atom stereocenters. The van der Waals surface area contributed by atoms with Gasteiger partial charge >= 0.3 is 17.2 Å². The zero-order valence-corrected chi connectivity index (χ0v) is 19.8. The number of nitro benzene ring substituents is 1. The van der Waals surface area contributed by atoms with Crippen molar-refractivity contribution < 1.29 is 45.7 Å². The molecule has 0 bridgehead atoms. The lowest BCUT2D eigenvalue weighted by Crippen LogP contribution is -2.34. The molecule has 15 heteroatoms. The molecular weight excluding hydrogens is 674 g/mol. The van der Waals surface area contributed by atoms with Crippen LogP contribution in [0.1, 0.15) is 20.7 Å². The summed E-state index contributed by atoms with van der Waals surface area (Å²) in [5, 5.41) is 6.17. The highest BCUT2D eigenvalue weighted by atomic mass is 127. The van der Waals surface area contributed by atoms with Gasteiger partial charge in [0, 0.05) is 19.3 Å². The van der Waals surface area contributed by atoms with Gasteiger partial charge in [-0.05, 0) is 69.4 Å².